The second kappa shape index (κ2) is 8.89. The lowest BCUT2D eigenvalue weighted by molar-refractivity contribution is 0.470. The van der Waals surface area contributed by atoms with Gasteiger partial charge in [0.1, 0.15) is 5.75 Å². The molecular formula is C27H17Br2ClN2O2S. The molecule has 0 saturated heterocycles. The van der Waals surface area contributed by atoms with E-state index in [0.29, 0.717) is 24.4 Å². The van der Waals surface area contributed by atoms with E-state index in [0.717, 1.165) is 39.7 Å². The molecule has 35 heavy (non-hydrogen) atoms. The highest BCUT2D eigenvalue weighted by molar-refractivity contribution is 9.11. The van der Waals surface area contributed by atoms with Crippen molar-refractivity contribution in [2.45, 2.75) is 18.9 Å². The Morgan fingerprint density at radius 1 is 1.09 bits per heavy atom. The molecule has 1 aliphatic carbocycles. The molecule has 0 saturated carbocycles. The van der Waals surface area contributed by atoms with Crippen LogP contribution < -0.4 is 14.9 Å². The number of rotatable bonds is 2. The molecule has 0 amide bonds. The van der Waals surface area contributed by atoms with Crippen molar-refractivity contribution in [2.24, 2.45) is 4.99 Å². The first-order valence-electron chi connectivity index (χ1n) is 11.0. The number of halogens is 3. The third-order valence-electron chi connectivity index (χ3n) is 6.40. The number of hydrogen-bond acceptors (Lipinski definition) is 4. The zero-order chi connectivity index (χ0) is 24.3. The number of nitrogens with zero attached hydrogens (tertiary/aromatic N) is 2. The molecule has 1 N–H and O–H groups in total. The molecule has 1 aromatic heterocycles. The highest BCUT2D eigenvalue weighted by Gasteiger charge is 2.32. The van der Waals surface area contributed by atoms with E-state index in [4.69, 9.17) is 16.6 Å². The van der Waals surface area contributed by atoms with E-state index >= 15 is 0 Å². The minimum absolute atomic E-state index is 0.0847. The molecule has 6 rings (SSSR count). The van der Waals surface area contributed by atoms with Gasteiger partial charge in [0, 0.05) is 20.6 Å². The summed E-state index contributed by atoms with van der Waals surface area (Å²) in [7, 11) is 0. The van der Waals surface area contributed by atoms with E-state index in [-0.39, 0.29) is 17.4 Å². The van der Waals surface area contributed by atoms with Gasteiger partial charge in [-0.3, -0.25) is 9.36 Å². The Morgan fingerprint density at radius 2 is 1.86 bits per heavy atom. The van der Waals surface area contributed by atoms with Crippen LogP contribution in [-0.2, 0) is 6.42 Å². The molecule has 0 fully saturated rings. The number of phenols is 1. The van der Waals surface area contributed by atoms with Crippen LogP contribution in [0.25, 0.3) is 11.8 Å². The molecule has 4 nitrogen and oxygen atoms in total. The zero-order valence-electron chi connectivity index (χ0n) is 18.1. The Kier molecular flexibility index (Phi) is 5.84. The topological polar surface area (TPSA) is 54.6 Å². The summed E-state index contributed by atoms with van der Waals surface area (Å²) in [6.45, 7) is 0. The van der Waals surface area contributed by atoms with Gasteiger partial charge in [-0.25, -0.2) is 4.99 Å². The average Bonchev–Trinajstić information content (AvgIpc) is 3.16. The van der Waals surface area contributed by atoms with Gasteiger partial charge < -0.3 is 5.11 Å². The van der Waals surface area contributed by atoms with Crippen molar-refractivity contribution in [3.05, 3.63) is 122 Å². The van der Waals surface area contributed by atoms with Gasteiger partial charge in [-0.2, -0.15) is 0 Å². The van der Waals surface area contributed by atoms with Crippen LogP contribution in [0.2, 0.25) is 5.02 Å². The predicted octanol–water partition coefficient (Wildman–Crippen LogP) is 6.20. The monoisotopic (exact) mass is 626 g/mol. The minimum atomic E-state index is -0.267. The number of benzene rings is 3. The standard InChI is InChI=1S/C27H17Br2ClN2O2S/c28-17-11-16(25(33)21(29)13-17)12-22-26(34)32-24(15-5-8-18(30)9-6-15)20-10-7-14-3-1-2-4-19(14)23(20)31-27(32)35-22/h1-6,8-9,11-13,24,33H,7,10H2/b22-12-. The Balaban J connectivity index is 1.64. The van der Waals surface area contributed by atoms with Gasteiger partial charge in [0.2, 0.25) is 0 Å². The fourth-order valence-electron chi connectivity index (χ4n) is 4.80. The lowest BCUT2D eigenvalue weighted by Gasteiger charge is -2.30. The molecule has 0 bridgehead atoms. The summed E-state index contributed by atoms with van der Waals surface area (Å²) < 4.78 is 3.65. The average molecular weight is 629 g/mol. The van der Waals surface area contributed by atoms with Gasteiger partial charge in [0.25, 0.3) is 5.56 Å². The van der Waals surface area contributed by atoms with Gasteiger partial charge in [-0.05, 0) is 75.8 Å². The lowest BCUT2D eigenvalue weighted by atomic mass is 9.83. The summed E-state index contributed by atoms with van der Waals surface area (Å²) in [5.74, 6) is 0.0847. The first-order valence-corrected chi connectivity index (χ1v) is 13.8. The summed E-state index contributed by atoms with van der Waals surface area (Å²) in [5, 5.41) is 11.2. The fourth-order valence-corrected chi connectivity index (χ4v) is 7.18. The fraction of sp³-hybridized carbons (Fsp3) is 0.111. The Hall–Kier alpha value is -2.45. The maximum atomic E-state index is 13.8. The maximum absolute atomic E-state index is 13.8. The van der Waals surface area contributed by atoms with Gasteiger partial charge >= 0.3 is 0 Å². The first-order chi connectivity index (χ1) is 16.9. The molecule has 8 heteroatoms. The quantitative estimate of drug-likeness (QED) is 0.288. The lowest BCUT2D eigenvalue weighted by Crippen LogP contribution is -2.38. The SMILES string of the molecule is O=c1/c(=C/c2cc(Br)cc(Br)c2O)sc2n1C(c1ccc(Cl)cc1)C1=C(N=2)c2ccccc2CC1. The number of allylic oxidation sites excluding steroid dienone is 1. The molecular weight excluding hydrogens is 612 g/mol. The van der Waals surface area contributed by atoms with Gasteiger partial charge in [-0.1, -0.05) is 75.3 Å². The normalized spacial score (nSPS) is 17.0. The molecule has 3 aromatic carbocycles. The largest absolute Gasteiger partial charge is 0.506 e. The van der Waals surface area contributed by atoms with Crippen molar-refractivity contribution < 1.29 is 5.11 Å². The summed E-state index contributed by atoms with van der Waals surface area (Å²) in [6, 6.07) is 19.3. The second-order valence-electron chi connectivity index (χ2n) is 8.49. The van der Waals surface area contributed by atoms with Gasteiger partial charge in [0.05, 0.1) is 20.7 Å². The van der Waals surface area contributed by atoms with E-state index in [9.17, 15) is 9.90 Å². The smallest absolute Gasteiger partial charge is 0.271 e. The van der Waals surface area contributed by atoms with Gasteiger partial charge in [-0.15, -0.1) is 0 Å². The molecule has 2 aliphatic rings. The summed E-state index contributed by atoms with van der Waals surface area (Å²) in [4.78, 5) is 19.5. The third kappa shape index (κ3) is 3.95. The van der Waals surface area contributed by atoms with Crippen molar-refractivity contribution in [3.8, 4) is 5.75 Å². The van der Waals surface area contributed by atoms with Crippen LogP contribution in [0.5, 0.6) is 5.75 Å². The van der Waals surface area contributed by atoms with Crippen LogP contribution in [0.15, 0.2) is 85.0 Å². The molecule has 1 aliphatic heterocycles. The maximum Gasteiger partial charge on any atom is 0.271 e. The van der Waals surface area contributed by atoms with E-state index in [1.165, 1.54) is 16.9 Å². The zero-order valence-corrected chi connectivity index (χ0v) is 22.9. The number of fused-ring (bicyclic) bond motifs is 3. The van der Waals surface area contributed by atoms with Crippen LogP contribution in [-0.4, -0.2) is 9.67 Å². The molecule has 1 unspecified atom stereocenters. The summed E-state index contributed by atoms with van der Waals surface area (Å²) in [6.07, 6.45) is 3.45. The van der Waals surface area contributed by atoms with Crippen LogP contribution in [0, 0.1) is 0 Å². The number of aryl methyl sites for hydroxylation is 1. The van der Waals surface area contributed by atoms with E-state index < -0.39 is 0 Å². The van der Waals surface area contributed by atoms with E-state index in [2.05, 4.69) is 50.1 Å². The number of aromatic nitrogens is 1. The molecule has 0 radical (unpaired) electrons. The van der Waals surface area contributed by atoms with E-state index in [1.807, 2.05) is 30.3 Å². The van der Waals surface area contributed by atoms with Crippen molar-refractivity contribution >= 4 is 66.6 Å². The first kappa shape index (κ1) is 23.0. The number of phenolic OH excluding ortho intramolecular Hbond substituents is 1. The number of aromatic hydroxyl groups is 1. The van der Waals surface area contributed by atoms with Crippen molar-refractivity contribution in [1.29, 1.82) is 0 Å². The molecule has 0 spiro atoms. The summed E-state index contributed by atoms with van der Waals surface area (Å²) in [5.41, 5.74) is 5.90. The highest BCUT2D eigenvalue weighted by atomic mass is 79.9. The minimum Gasteiger partial charge on any atom is -0.506 e. The van der Waals surface area contributed by atoms with E-state index in [1.54, 1.807) is 22.8 Å². The Morgan fingerprint density at radius 3 is 2.66 bits per heavy atom. The Labute approximate surface area is 226 Å². The highest BCUT2D eigenvalue weighted by Crippen LogP contribution is 2.41. The summed E-state index contributed by atoms with van der Waals surface area (Å²) >= 11 is 14.4. The third-order valence-corrected chi connectivity index (χ3v) is 8.70. The van der Waals surface area contributed by atoms with Crippen molar-refractivity contribution in [2.75, 3.05) is 0 Å². The molecule has 174 valence electrons. The number of hydrogen-bond donors (Lipinski definition) is 1. The second-order valence-corrected chi connectivity index (χ2v) is 11.7. The van der Waals surface area contributed by atoms with Crippen molar-refractivity contribution in [1.82, 2.24) is 4.57 Å². The van der Waals surface area contributed by atoms with Crippen molar-refractivity contribution in [3.63, 3.8) is 0 Å². The Bertz CT molecular complexity index is 1720. The van der Waals surface area contributed by atoms with Gasteiger partial charge in [0.15, 0.2) is 4.80 Å². The molecule has 4 aromatic rings. The molecule has 1 atom stereocenters. The molecule has 2 heterocycles. The van der Waals surface area contributed by atoms with Crippen LogP contribution in [0.3, 0.4) is 0 Å². The number of thiazole rings is 1. The predicted molar refractivity (Wildman–Crippen MR) is 148 cm³/mol. The van der Waals surface area contributed by atoms with Crippen LogP contribution in [0.1, 0.15) is 34.7 Å². The van der Waals surface area contributed by atoms with Crippen LogP contribution >= 0.6 is 54.8 Å². The van der Waals surface area contributed by atoms with Crippen LogP contribution in [0.4, 0.5) is 0 Å².